The Bertz CT molecular complexity index is 602. The number of carboxylic acid groups (broad SMARTS) is 1. The number of para-hydroxylation sites is 1. The molecule has 0 fully saturated rings. The first-order chi connectivity index (χ1) is 8.95. The second-order valence-corrected chi connectivity index (χ2v) is 3.88. The third-order valence-corrected chi connectivity index (χ3v) is 2.10. The van der Waals surface area contributed by atoms with Crippen LogP contribution in [0, 0.1) is 0 Å². The van der Waals surface area contributed by atoms with Gasteiger partial charge in [0.25, 0.3) is 0 Å². The van der Waals surface area contributed by atoms with Crippen molar-refractivity contribution in [2.24, 2.45) is 0 Å². The van der Waals surface area contributed by atoms with Crippen molar-refractivity contribution < 1.29 is 40.2 Å². The van der Waals surface area contributed by atoms with Gasteiger partial charge < -0.3 is 19.9 Å². The Labute approximate surface area is 129 Å². The monoisotopic (exact) mass is 366 g/mol. The van der Waals surface area contributed by atoms with Gasteiger partial charge >= 0.3 is 20.4 Å². The summed E-state index contributed by atoms with van der Waals surface area (Å²) in [6.07, 6.45) is 0.750. The molecule has 20 heavy (non-hydrogen) atoms. The second-order valence-electron chi connectivity index (χ2n) is 3.88. The minimum Gasteiger partial charge on any atom is -0.871 e. The van der Waals surface area contributed by atoms with Crippen LogP contribution >= 0.6 is 0 Å². The zero-order valence-corrected chi connectivity index (χ0v) is 12.4. The van der Waals surface area contributed by atoms with Gasteiger partial charge in [-0.3, -0.25) is 4.79 Å². The Morgan fingerprint density at radius 2 is 1.85 bits per heavy atom. The molecule has 2 aromatic rings. The Morgan fingerprint density at radius 1 is 1.25 bits per heavy atom. The third kappa shape index (κ3) is 4.96. The number of rotatable bonds is 2. The third-order valence-electron chi connectivity index (χ3n) is 2.10. The zero-order chi connectivity index (χ0) is 14.4. The Morgan fingerprint density at radius 3 is 2.35 bits per heavy atom. The van der Waals surface area contributed by atoms with E-state index in [1.807, 2.05) is 0 Å². The molecule has 0 aliphatic heterocycles. The van der Waals surface area contributed by atoms with Crippen LogP contribution < -0.4 is 10.2 Å². The van der Waals surface area contributed by atoms with Crippen LogP contribution in [-0.2, 0) is 25.2 Å². The van der Waals surface area contributed by atoms with E-state index in [2.05, 4.69) is 4.98 Å². The number of benzene rings is 1. The van der Waals surface area contributed by atoms with E-state index in [4.69, 9.17) is 0 Å². The van der Waals surface area contributed by atoms with Gasteiger partial charge in [-0.2, -0.15) is 0 Å². The molecule has 2 rings (SSSR count). The van der Waals surface area contributed by atoms with Gasteiger partial charge in [-0.1, -0.05) is 30.0 Å². The predicted molar refractivity (Wildman–Crippen MR) is 65.3 cm³/mol. The molecule has 6 nitrogen and oxygen atoms in total. The van der Waals surface area contributed by atoms with Crippen molar-refractivity contribution in [3.8, 4) is 5.75 Å². The largest absolute Gasteiger partial charge is 2.00 e. The Balaban J connectivity index is 0.000000526. The van der Waals surface area contributed by atoms with E-state index < -0.39 is 5.97 Å². The summed E-state index contributed by atoms with van der Waals surface area (Å²) in [5.74, 6) is -1.67. The van der Waals surface area contributed by atoms with E-state index in [-0.39, 0.29) is 37.4 Å². The molecular weight excluding hydrogens is 355 g/mol. The van der Waals surface area contributed by atoms with Gasteiger partial charge in [-0.15, -0.1) is 0 Å². The van der Waals surface area contributed by atoms with Gasteiger partial charge in [0.2, 0.25) is 6.41 Å². The SMILES string of the molecule is CN(C)C=O.O=C([O-])c1ccc2cccc([O-])c2n1.[Pd+2]. The molecule has 1 amide bonds. The van der Waals surface area contributed by atoms with Gasteiger partial charge in [-0.25, -0.2) is 4.98 Å². The number of carbonyl (C=O) groups excluding carboxylic acids is 2. The molecule has 1 aromatic carbocycles. The van der Waals surface area contributed by atoms with Crippen molar-refractivity contribution in [2.45, 2.75) is 0 Å². The van der Waals surface area contributed by atoms with E-state index in [0.29, 0.717) is 5.39 Å². The van der Waals surface area contributed by atoms with Crippen LogP contribution in [0.1, 0.15) is 10.5 Å². The van der Waals surface area contributed by atoms with Gasteiger partial charge in [-0.05, 0) is 11.5 Å². The van der Waals surface area contributed by atoms with Crippen molar-refractivity contribution in [3.63, 3.8) is 0 Å². The number of carboxylic acids is 1. The summed E-state index contributed by atoms with van der Waals surface area (Å²) in [6, 6.07) is 7.49. The first kappa shape index (κ1) is 18.0. The first-order valence-corrected chi connectivity index (χ1v) is 5.35. The molecule has 108 valence electrons. The first-order valence-electron chi connectivity index (χ1n) is 5.35. The number of aromatic nitrogens is 1. The van der Waals surface area contributed by atoms with Crippen molar-refractivity contribution >= 4 is 23.3 Å². The van der Waals surface area contributed by atoms with Gasteiger partial charge in [0, 0.05) is 14.1 Å². The maximum Gasteiger partial charge on any atom is 2.00 e. The van der Waals surface area contributed by atoms with Crippen LogP contribution in [0.4, 0.5) is 0 Å². The molecule has 1 heterocycles. The molecule has 0 aliphatic rings. The summed E-state index contributed by atoms with van der Waals surface area (Å²) in [7, 11) is 3.38. The molecule has 0 spiro atoms. The van der Waals surface area contributed by atoms with Crippen molar-refractivity contribution in [1.29, 1.82) is 0 Å². The fraction of sp³-hybridized carbons (Fsp3) is 0.154. The summed E-state index contributed by atoms with van der Waals surface area (Å²) >= 11 is 0. The quantitative estimate of drug-likeness (QED) is 0.521. The standard InChI is InChI=1S/C10H7NO3.C3H7NO.Pd/c12-8-3-1-2-6-4-5-7(10(13)14)11-9(6)8;1-4(2)3-5;/h1-5,12H,(H,13,14);3H,1-2H3;/q;;+2/p-2. The molecule has 1 aromatic heterocycles. The molecule has 0 aliphatic carbocycles. The fourth-order valence-electron chi connectivity index (χ4n) is 1.23. The van der Waals surface area contributed by atoms with E-state index in [0.717, 1.165) is 6.41 Å². The maximum atomic E-state index is 11.3. The average Bonchev–Trinajstić information content (AvgIpc) is 2.39. The molecule has 0 atom stereocenters. The van der Waals surface area contributed by atoms with Crippen LogP contribution in [0.2, 0.25) is 0 Å². The minimum atomic E-state index is -1.38. The minimum absolute atomic E-state index is 0. The number of hydrogen-bond donors (Lipinski definition) is 0. The summed E-state index contributed by atoms with van der Waals surface area (Å²) in [4.78, 5) is 25.1. The van der Waals surface area contributed by atoms with E-state index in [9.17, 15) is 19.8 Å². The average molecular weight is 367 g/mol. The van der Waals surface area contributed by atoms with Gasteiger partial charge in [0.1, 0.15) is 0 Å². The molecule has 0 N–H and O–H groups in total. The van der Waals surface area contributed by atoms with Crippen molar-refractivity contribution in [1.82, 2.24) is 9.88 Å². The summed E-state index contributed by atoms with van der Waals surface area (Å²) in [5, 5.41) is 22.4. The molecule has 0 unspecified atom stereocenters. The van der Waals surface area contributed by atoms with Crippen LogP contribution in [0.5, 0.6) is 5.75 Å². The number of pyridine rings is 1. The topological polar surface area (TPSA) is 96.4 Å². The maximum absolute atomic E-state index is 11.3. The van der Waals surface area contributed by atoms with Crippen molar-refractivity contribution in [2.75, 3.05) is 14.1 Å². The molecule has 0 radical (unpaired) electrons. The predicted octanol–water partition coefficient (Wildman–Crippen LogP) is -0.626. The Hall–Kier alpha value is -1.97. The Kier molecular flexibility index (Phi) is 7.44. The zero-order valence-electron chi connectivity index (χ0n) is 10.8. The van der Waals surface area contributed by atoms with Gasteiger partial charge in [0.05, 0.1) is 17.2 Å². The van der Waals surface area contributed by atoms with Crippen LogP contribution in [0.25, 0.3) is 10.9 Å². The normalized spacial score (nSPS) is 8.90. The second kappa shape index (κ2) is 8.25. The summed E-state index contributed by atoms with van der Waals surface area (Å²) in [5.41, 5.74) is -0.0602. The number of nitrogens with zero attached hydrogens (tertiary/aromatic N) is 2. The number of fused-ring (bicyclic) bond motifs is 1. The summed E-state index contributed by atoms with van der Waals surface area (Å²) < 4.78 is 0. The van der Waals surface area contributed by atoms with Gasteiger partial charge in [0.15, 0.2) is 0 Å². The summed E-state index contributed by atoms with van der Waals surface area (Å²) in [6.45, 7) is 0. The molecule has 0 saturated heterocycles. The van der Waals surface area contributed by atoms with Crippen molar-refractivity contribution in [3.05, 3.63) is 36.0 Å². The van der Waals surface area contributed by atoms with E-state index in [1.54, 1.807) is 26.2 Å². The van der Waals surface area contributed by atoms with E-state index in [1.165, 1.54) is 23.1 Å². The van der Waals surface area contributed by atoms with Crippen LogP contribution in [-0.4, -0.2) is 36.4 Å². The van der Waals surface area contributed by atoms with Crippen LogP contribution in [0.3, 0.4) is 0 Å². The van der Waals surface area contributed by atoms with E-state index >= 15 is 0 Å². The molecule has 0 bridgehead atoms. The fourth-order valence-corrected chi connectivity index (χ4v) is 1.23. The molecule has 7 heteroatoms. The van der Waals surface area contributed by atoms with Crippen LogP contribution in [0.15, 0.2) is 30.3 Å². The smallest absolute Gasteiger partial charge is 0.871 e. The number of aromatic carboxylic acids is 1. The molecular formula is C13H12N2O4Pd. The number of amides is 1. The number of carbonyl (C=O) groups is 2. The number of hydrogen-bond acceptors (Lipinski definition) is 5. The molecule has 0 saturated carbocycles.